The minimum atomic E-state index is -4.91. The zero-order valence-corrected chi connectivity index (χ0v) is 12.7. The van der Waals surface area contributed by atoms with Gasteiger partial charge in [0.15, 0.2) is 5.03 Å². The summed E-state index contributed by atoms with van der Waals surface area (Å²) in [7, 11) is -4.75. The van der Waals surface area contributed by atoms with Gasteiger partial charge in [-0.3, -0.25) is 4.79 Å². The molecule has 0 aliphatic carbocycles. The minimum Gasteiger partial charge on any atom is -0.480 e. The maximum Gasteiger partial charge on any atom is 0.402 e. The maximum absolute atomic E-state index is 12.8. The number of aliphatic carboxylic acids is 1. The molecule has 0 saturated carbocycles. The Morgan fingerprint density at radius 1 is 1.57 bits per heavy atom. The number of carboxylic acids is 1. The molecule has 8 nitrogen and oxygen atoms in total. The Labute approximate surface area is 129 Å². The number of rotatable bonds is 6. The average molecular weight is 357 g/mol. The molecule has 1 aromatic rings. The highest BCUT2D eigenvalue weighted by molar-refractivity contribution is 7.89. The van der Waals surface area contributed by atoms with E-state index < -0.39 is 45.7 Å². The normalized spacial score (nSPS) is 18.0. The SMILES string of the molecule is Cc1[nH]cnc1S(=O)(=O)N(CC(F)(F)F)C(C(=O)O)C1COC1. The lowest BCUT2D eigenvalue weighted by atomic mass is 9.98. The molecule has 0 bridgehead atoms. The molecule has 2 rings (SSSR count). The van der Waals surface area contributed by atoms with Gasteiger partial charge in [-0.1, -0.05) is 0 Å². The topological polar surface area (TPSA) is 113 Å². The Balaban J connectivity index is 2.49. The van der Waals surface area contributed by atoms with Crippen molar-refractivity contribution in [1.29, 1.82) is 0 Å². The van der Waals surface area contributed by atoms with Crippen LogP contribution in [0.25, 0.3) is 0 Å². The fourth-order valence-corrected chi connectivity index (χ4v) is 3.95. The van der Waals surface area contributed by atoms with Crippen LogP contribution in [0.1, 0.15) is 5.69 Å². The van der Waals surface area contributed by atoms with E-state index in [9.17, 15) is 31.5 Å². The van der Waals surface area contributed by atoms with E-state index in [-0.39, 0.29) is 23.2 Å². The fraction of sp³-hybridized carbons (Fsp3) is 0.636. The van der Waals surface area contributed by atoms with Crippen molar-refractivity contribution in [2.45, 2.75) is 24.2 Å². The van der Waals surface area contributed by atoms with E-state index in [0.717, 1.165) is 6.33 Å². The number of H-pyrrole nitrogens is 1. The number of halogens is 3. The van der Waals surface area contributed by atoms with Crippen molar-refractivity contribution in [3.8, 4) is 0 Å². The summed E-state index contributed by atoms with van der Waals surface area (Å²) in [6.45, 7) is -0.857. The van der Waals surface area contributed by atoms with Crippen LogP contribution < -0.4 is 0 Å². The number of ether oxygens (including phenoxy) is 1. The lowest BCUT2D eigenvalue weighted by Crippen LogP contribution is -2.57. The molecule has 2 N–H and O–H groups in total. The molecule has 1 atom stereocenters. The van der Waals surface area contributed by atoms with Crippen molar-refractivity contribution in [3.63, 3.8) is 0 Å². The van der Waals surface area contributed by atoms with Crippen LogP contribution in [0.2, 0.25) is 0 Å². The summed E-state index contributed by atoms with van der Waals surface area (Å²) >= 11 is 0. The molecule has 0 radical (unpaired) electrons. The number of carboxylic acid groups (broad SMARTS) is 1. The number of aromatic nitrogens is 2. The standard InChI is InChI=1S/C11H14F3N3O5S/c1-6-9(16-5-15-6)23(20,21)17(4-11(12,13)14)8(10(18)19)7-2-22-3-7/h5,7-8H,2-4H2,1H3,(H,15,16)(H,18,19). The van der Waals surface area contributed by atoms with Crippen molar-refractivity contribution in [2.75, 3.05) is 19.8 Å². The van der Waals surface area contributed by atoms with Crippen LogP contribution in [-0.2, 0) is 19.6 Å². The molecule has 1 aliphatic rings. The van der Waals surface area contributed by atoms with Crippen LogP contribution in [0.3, 0.4) is 0 Å². The lowest BCUT2D eigenvalue weighted by Gasteiger charge is -2.37. The quantitative estimate of drug-likeness (QED) is 0.761. The molecule has 23 heavy (non-hydrogen) atoms. The highest BCUT2D eigenvalue weighted by Crippen LogP contribution is 2.30. The van der Waals surface area contributed by atoms with Gasteiger partial charge in [-0.25, -0.2) is 13.4 Å². The summed E-state index contributed by atoms with van der Waals surface area (Å²) < 4.78 is 68.3. The highest BCUT2D eigenvalue weighted by Gasteiger charge is 2.49. The van der Waals surface area contributed by atoms with Crippen LogP contribution in [0.4, 0.5) is 13.2 Å². The second kappa shape index (κ2) is 6.09. The van der Waals surface area contributed by atoms with Crippen LogP contribution in [0.5, 0.6) is 0 Å². The third-order valence-corrected chi connectivity index (χ3v) is 5.22. The van der Waals surface area contributed by atoms with E-state index in [1.807, 2.05) is 0 Å². The first-order valence-electron chi connectivity index (χ1n) is 6.43. The summed E-state index contributed by atoms with van der Waals surface area (Å²) in [4.78, 5) is 17.4. The lowest BCUT2D eigenvalue weighted by molar-refractivity contribution is -0.164. The number of alkyl halides is 3. The highest BCUT2D eigenvalue weighted by atomic mass is 32.2. The Hall–Kier alpha value is -1.66. The van der Waals surface area contributed by atoms with Crippen molar-refractivity contribution in [3.05, 3.63) is 12.0 Å². The Bertz CT molecular complexity index is 683. The molecule has 1 aromatic heterocycles. The monoisotopic (exact) mass is 357 g/mol. The minimum absolute atomic E-state index is 0.0196. The Morgan fingerprint density at radius 2 is 2.17 bits per heavy atom. The van der Waals surface area contributed by atoms with Crippen molar-refractivity contribution in [1.82, 2.24) is 14.3 Å². The van der Waals surface area contributed by atoms with Crippen molar-refractivity contribution >= 4 is 16.0 Å². The fourth-order valence-electron chi connectivity index (χ4n) is 2.22. The van der Waals surface area contributed by atoms with Gasteiger partial charge in [0.05, 0.1) is 25.2 Å². The predicted molar refractivity (Wildman–Crippen MR) is 69.0 cm³/mol. The van der Waals surface area contributed by atoms with Crippen LogP contribution >= 0.6 is 0 Å². The second-order valence-electron chi connectivity index (χ2n) is 5.08. The summed E-state index contributed by atoms with van der Waals surface area (Å²) in [6.07, 6.45) is -3.90. The van der Waals surface area contributed by atoms with Gasteiger partial charge in [-0.2, -0.15) is 17.5 Å². The zero-order valence-electron chi connectivity index (χ0n) is 11.9. The van der Waals surface area contributed by atoms with E-state index in [1.165, 1.54) is 6.92 Å². The third-order valence-electron chi connectivity index (χ3n) is 3.35. The summed E-state index contributed by atoms with van der Waals surface area (Å²) in [5.74, 6) is -2.52. The first-order chi connectivity index (χ1) is 10.5. The summed E-state index contributed by atoms with van der Waals surface area (Å²) in [5.41, 5.74) is 0.0196. The second-order valence-corrected chi connectivity index (χ2v) is 6.88. The van der Waals surface area contributed by atoms with Crippen LogP contribution in [0, 0.1) is 12.8 Å². The molecular weight excluding hydrogens is 343 g/mol. The number of imidazole rings is 1. The summed E-state index contributed by atoms with van der Waals surface area (Å²) in [5, 5.41) is 8.62. The first kappa shape index (κ1) is 17.7. The number of nitrogens with one attached hydrogen (secondary N) is 1. The maximum atomic E-state index is 12.8. The third kappa shape index (κ3) is 3.64. The number of carbonyl (C=O) groups is 1. The molecule has 2 heterocycles. The molecule has 1 unspecified atom stereocenters. The van der Waals surface area contributed by atoms with Crippen LogP contribution in [0.15, 0.2) is 11.4 Å². The van der Waals surface area contributed by atoms with Gasteiger partial charge in [-0.05, 0) is 6.92 Å². The van der Waals surface area contributed by atoms with Crippen LogP contribution in [-0.4, -0.2) is 65.7 Å². The Morgan fingerprint density at radius 3 is 2.52 bits per heavy atom. The molecule has 0 amide bonds. The summed E-state index contributed by atoms with van der Waals surface area (Å²) in [6, 6.07) is -1.88. The smallest absolute Gasteiger partial charge is 0.402 e. The number of aromatic amines is 1. The number of aryl methyl sites for hydroxylation is 1. The van der Waals surface area contributed by atoms with Gasteiger partial charge in [-0.15, -0.1) is 0 Å². The van der Waals surface area contributed by atoms with Crippen molar-refractivity contribution < 1.29 is 36.2 Å². The first-order valence-corrected chi connectivity index (χ1v) is 7.87. The van der Waals surface area contributed by atoms with E-state index in [1.54, 1.807) is 0 Å². The van der Waals surface area contributed by atoms with Gasteiger partial charge >= 0.3 is 12.1 Å². The number of nitrogens with zero attached hydrogens (tertiary/aromatic N) is 2. The van der Waals surface area contributed by atoms with E-state index in [4.69, 9.17) is 4.74 Å². The number of hydrogen-bond acceptors (Lipinski definition) is 5. The number of sulfonamides is 1. The molecule has 130 valence electrons. The van der Waals surface area contributed by atoms with Gasteiger partial charge in [0.1, 0.15) is 12.6 Å². The predicted octanol–water partition coefficient (Wildman–Crippen LogP) is 0.371. The van der Waals surface area contributed by atoms with E-state index >= 15 is 0 Å². The molecule has 0 spiro atoms. The van der Waals surface area contributed by atoms with E-state index in [0.29, 0.717) is 0 Å². The molecule has 1 saturated heterocycles. The zero-order chi connectivity index (χ0) is 17.4. The van der Waals surface area contributed by atoms with Gasteiger partial charge in [0.2, 0.25) is 0 Å². The molecular formula is C11H14F3N3O5S. The molecule has 12 heteroatoms. The van der Waals surface area contributed by atoms with Gasteiger partial charge in [0, 0.05) is 5.92 Å². The van der Waals surface area contributed by atoms with E-state index in [2.05, 4.69) is 9.97 Å². The molecule has 0 aromatic carbocycles. The largest absolute Gasteiger partial charge is 0.480 e. The average Bonchev–Trinajstić information content (AvgIpc) is 2.76. The Kier molecular flexibility index (Phi) is 4.69. The van der Waals surface area contributed by atoms with Crippen molar-refractivity contribution in [2.24, 2.45) is 5.92 Å². The molecule has 1 aliphatic heterocycles. The number of hydrogen-bond donors (Lipinski definition) is 2. The van der Waals surface area contributed by atoms with Gasteiger partial charge in [0.25, 0.3) is 10.0 Å². The molecule has 1 fully saturated rings. The van der Waals surface area contributed by atoms with Gasteiger partial charge < -0.3 is 14.8 Å².